The Balaban J connectivity index is 1.96. The van der Waals surface area contributed by atoms with Crippen molar-refractivity contribution in [2.45, 2.75) is 56.5 Å². The fourth-order valence-electron chi connectivity index (χ4n) is 2.71. The summed E-state index contributed by atoms with van der Waals surface area (Å²) >= 11 is 0. The third-order valence-electron chi connectivity index (χ3n) is 4.02. The van der Waals surface area contributed by atoms with Crippen molar-refractivity contribution in [1.82, 2.24) is 14.5 Å². The first-order valence-corrected chi connectivity index (χ1v) is 8.78. The van der Waals surface area contributed by atoms with Gasteiger partial charge in [-0.1, -0.05) is 13.3 Å². The van der Waals surface area contributed by atoms with Crippen LogP contribution in [0.4, 0.5) is 0 Å². The standard InChI is InChI=1S/C13H24N4O2S/c1-2-11-3-5-12(6-4-11)16-20(18,19)13-9-15-17(10-13)8-7-14/h9-12,16H,2-8,14H2,1H3. The number of aromatic nitrogens is 2. The number of nitrogens with two attached hydrogens (primary N) is 1. The first-order chi connectivity index (χ1) is 9.55. The summed E-state index contributed by atoms with van der Waals surface area (Å²) in [7, 11) is -3.46. The third-order valence-corrected chi connectivity index (χ3v) is 5.50. The molecule has 2 rings (SSSR count). The number of hydrogen-bond donors (Lipinski definition) is 2. The number of nitrogens with zero attached hydrogens (tertiary/aromatic N) is 2. The average molecular weight is 300 g/mol. The molecule has 1 aliphatic rings. The molecule has 0 aromatic carbocycles. The van der Waals surface area contributed by atoms with E-state index in [1.54, 1.807) is 4.68 Å². The van der Waals surface area contributed by atoms with Gasteiger partial charge in [-0.2, -0.15) is 5.10 Å². The van der Waals surface area contributed by atoms with Crippen molar-refractivity contribution in [2.24, 2.45) is 11.7 Å². The van der Waals surface area contributed by atoms with Crippen LogP contribution in [0.3, 0.4) is 0 Å². The van der Waals surface area contributed by atoms with E-state index in [1.165, 1.54) is 18.8 Å². The van der Waals surface area contributed by atoms with Gasteiger partial charge < -0.3 is 5.73 Å². The van der Waals surface area contributed by atoms with Crippen LogP contribution in [0.5, 0.6) is 0 Å². The molecule has 0 aliphatic heterocycles. The minimum atomic E-state index is -3.46. The quantitative estimate of drug-likeness (QED) is 0.823. The van der Waals surface area contributed by atoms with Gasteiger partial charge in [-0.05, 0) is 31.6 Å². The van der Waals surface area contributed by atoms with Crippen LogP contribution >= 0.6 is 0 Å². The van der Waals surface area contributed by atoms with Gasteiger partial charge in [-0.15, -0.1) is 0 Å². The first-order valence-electron chi connectivity index (χ1n) is 7.30. The summed E-state index contributed by atoms with van der Waals surface area (Å²) < 4.78 is 28.9. The second-order valence-corrected chi connectivity index (χ2v) is 7.19. The zero-order valence-corrected chi connectivity index (χ0v) is 12.8. The Bertz CT molecular complexity index is 518. The van der Waals surface area contributed by atoms with E-state index < -0.39 is 10.0 Å². The van der Waals surface area contributed by atoms with Crippen LogP contribution < -0.4 is 10.5 Å². The molecule has 7 heteroatoms. The number of nitrogens with one attached hydrogen (secondary N) is 1. The van der Waals surface area contributed by atoms with Crippen molar-refractivity contribution in [3.8, 4) is 0 Å². The van der Waals surface area contributed by atoms with Crippen molar-refractivity contribution in [3.63, 3.8) is 0 Å². The number of hydrogen-bond acceptors (Lipinski definition) is 4. The predicted octanol–water partition coefficient (Wildman–Crippen LogP) is 1.09. The smallest absolute Gasteiger partial charge is 0.243 e. The molecule has 1 aromatic heterocycles. The van der Waals surface area contributed by atoms with Crippen molar-refractivity contribution >= 4 is 10.0 Å². The molecule has 1 aliphatic carbocycles. The van der Waals surface area contributed by atoms with Gasteiger partial charge in [0.1, 0.15) is 4.90 Å². The minimum absolute atomic E-state index is 0.0562. The normalized spacial score (nSPS) is 23.9. The molecule has 0 atom stereocenters. The van der Waals surface area contributed by atoms with E-state index in [0.717, 1.165) is 31.6 Å². The molecule has 0 radical (unpaired) electrons. The molecule has 114 valence electrons. The van der Waals surface area contributed by atoms with Gasteiger partial charge in [0.25, 0.3) is 0 Å². The van der Waals surface area contributed by atoms with Gasteiger partial charge in [0, 0.05) is 18.8 Å². The van der Waals surface area contributed by atoms with Crippen molar-refractivity contribution in [2.75, 3.05) is 6.54 Å². The lowest BCUT2D eigenvalue weighted by Gasteiger charge is -2.27. The van der Waals surface area contributed by atoms with E-state index in [0.29, 0.717) is 13.1 Å². The van der Waals surface area contributed by atoms with Crippen molar-refractivity contribution in [3.05, 3.63) is 12.4 Å². The van der Waals surface area contributed by atoms with Crippen molar-refractivity contribution < 1.29 is 8.42 Å². The molecule has 20 heavy (non-hydrogen) atoms. The fraction of sp³-hybridized carbons (Fsp3) is 0.769. The zero-order valence-electron chi connectivity index (χ0n) is 12.0. The van der Waals surface area contributed by atoms with Crippen LogP contribution in [0, 0.1) is 5.92 Å². The Kier molecular flexibility index (Phi) is 5.17. The maximum atomic E-state index is 12.3. The Morgan fingerprint density at radius 2 is 2.10 bits per heavy atom. The van der Waals surface area contributed by atoms with E-state index in [9.17, 15) is 8.42 Å². The Morgan fingerprint density at radius 1 is 1.40 bits per heavy atom. The summed E-state index contributed by atoms with van der Waals surface area (Å²) in [5, 5.41) is 4.01. The van der Waals surface area contributed by atoms with Crippen molar-refractivity contribution in [1.29, 1.82) is 0 Å². The average Bonchev–Trinajstić information content (AvgIpc) is 2.89. The largest absolute Gasteiger partial charge is 0.329 e. The second kappa shape index (κ2) is 6.69. The lowest BCUT2D eigenvalue weighted by atomic mass is 9.85. The van der Waals surface area contributed by atoms with Gasteiger partial charge in [-0.3, -0.25) is 4.68 Å². The van der Waals surface area contributed by atoms with Crippen LogP contribution in [0.1, 0.15) is 39.0 Å². The SMILES string of the molecule is CCC1CCC(NS(=O)(=O)c2cnn(CCN)c2)CC1. The highest BCUT2D eigenvalue weighted by molar-refractivity contribution is 7.89. The summed E-state index contributed by atoms with van der Waals surface area (Å²) in [6.07, 6.45) is 8.17. The maximum Gasteiger partial charge on any atom is 0.243 e. The topological polar surface area (TPSA) is 90.0 Å². The lowest BCUT2D eigenvalue weighted by Crippen LogP contribution is -2.37. The van der Waals surface area contributed by atoms with Crippen LogP contribution in [-0.4, -0.2) is 30.8 Å². The van der Waals surface area contributed by atoms with Gasteiger partial charge in [0.15, 0.2) is 0 Å². The van der Waals surface area contributed by atoms with Gasteiger partial charge in [-0.25, -0.2) is 13.1 Å². The zero-order chi connectivity index (χ0) is 14.6. The monoisotopic (exact) mass is 300 g/mol. The summed E-state index contributed by atoms with van der Waals surface area (Å²) in [6, 6.07) is 0.0562. The molecule has 0 spiro atoms. The first kappa shape index (κ1) is 15.5. The Morgan fingerprint density at radius 3 is 2.70 bits per heavy atom. The van der Waals surface area contributed by atoms with E-state index in [1.807, 2.05) is 0 Å². The fourth-order valence-corrected chi connectivity index (χ4v) is 3.97. The molecule has 1 saturated carbocycles. The molecular formula is C13H24N4O2S. The molecule has 3 N–H and O–H groups in total. The summed E-state index contributed by atoms with van der Waals surface area (Å²) in [5.74, 6) is 0.753. The number of sulfonamides is 1. The molecular weight excluding hydrogens is 276 g/mol. The molecule has 1 aromatic rings. The summed E-state index contributed by atoms with van der Waals surface area (Å²) in [5.41, 5.74) is 5.43. The van der Waals surface area contributed by atoms with Crippen LogP contribution in [0.2, 0.25) is 0 Å². The third kappa shape index (κ3) is 3.80. The maximum absolute atomic E-state index is 12.3. The van der Waals surface area contributed by atoms with E-state index in [-0.39, 0.29) is 10.9 Å². The number of rotatable bonds is 6. The molecule has 0 unspecified atom stereocenters. The highest BCUT2D eigenvalue weighted by Gasteiger charge is 2.25. The Hall–Kier alpha value is -0.920. The molecule has 1 fully saturated rings. The van der Waals surface area contributed by atoms with Crippen LogP contribution in [-0.2, 0) is 16.6 Å². The molecule has 0 saturated heterocycles. The lowest BCUT2D eigenvalue weighted by molar-refractivity contribution is 0.306. The molecule has 0 amide bonds. The molecule has 0 bridgehead atoms. The van der Waals surface area contributed by atoms with Gasteiger partial charge in [0.2, 0.25) is 10.0 Å². The van der Waals surface area contributed by atoms with Gasteiger partial charge >= 0.3 is 0 Å². The van der Waals surface area contributed by atoms with Crippen LogP contribution in [0.25, 0.3) is 0 Å². The molecule has 6 nitrogen and oxygen atoms in total. The highest BCUT2D eigenvalue weighted by atomic mass is 32.2. The van der Waals surface area contributed by atoms with Gasteiger partial charge in [0.05, 0.1) is 12.7 Å². The van der Waals surface area contributed by atoms with E-state index in [4.69, 9.17) is 5.73 Å². The Labute approximate surface area is 120 Å². The second-order valence-electron chi connectivity index (χ2n) is 5.47. The minimum Gasteiger partial charge on any atom is -0.329 e. The van der Waals surface area contributed by atoms with Crippen LogP contribution in [0.15, 0.2) is 17.3 Å². The predicted molar refractivity (Wildman–Crippen MR) is 77.6 cm³/mol. The summed E-state index contributed by atoms with van der Waals surface area (Å²) in [6.45, 7) is 3.16. The molecule has 1 heterocycles. The highest BCUT2D eigenvalue weighted by Crippen LogP contribution is 2.27. The van der Waals surface area contributed by atoms with E-state index in [2.05, 4.69) is 16.7 Å². The summed E-state index contributed by atoms with van der Waals surface area (Å²) in [4.78, 5) is 0.226. The van der Waals surface area contributed by atoms with E-state index >= 15 is 0 Å².